The number of halogens is 1. The van der Waals surface area contributed by atoms with E-state index in [9.17, 15) is 9.90 Å². The van der Waals surface area contributed by atoms with Crippen molar-refractivity contribution in [3.63, 3.8) is 0 Å². The first-order valence-corrected chi connectivity index (χ1v) is 8.45. The third kappa shape index (κ3) is 3.58. The second kappa shape index (κ2) is 7.27. The van der Waals surface area contributed by atoms with Crippen LogP contribution < -0.4 is 10.2 Å². The lowest BCUT2D eigenvalue weighted by Gasteiger charge is -2.26. The molecule has 1 aliphatic heterocycles. The summed E-state index contributed by atoms with van der Waals surface area (Å²) < 4.78 is 0.934. The Hall–Kier alpha value is -1.07. The van der Waals surface area contributed by atoms with Crippen molar-refractivity contribution in [1.82, 2.24) is 0 Å². The fourth-order valence-electron chi connectivity index (χ4n) is 2.55. The van der Waals surface area contributed by atoms with E-state index in [0.29, 0.717) is 5.56 Å². The molecule has 1 amide bonds. The highest BCUT2D eigenvalue weighted by Gasteiger charge is 2.30. The van der Waals surface area contributed by atoms with E-state index in [0.717, 1.165) is 54.6 Å². The molecule has 1 unspecified atom stereocenters. The summed E-state index contributed by atoms with van der Waals surface area (Å²) in [6.07, 6.45) is 3.54. The van der Waals surface area contributed by atoms with Crippen molar-refractivity contribution < 1.29 is 9.90 Å². The number of nitrogens with one attached hydrogen (secondary N) is 1. The van der Waals surface area contributed by atoms with Crippen molar-refractivity contribution in [2.75, 3.05) is 23.3 Å². The Kier molecular flexibility index (Phi) is 5.65. The number of unbranched alkanes of at least 4 members (excludes halogenated alkanes) is 2. The summed E-state index contributed by atoms with van der Waals surface area (Å²) in [5.41, 5.74) is 2.47. The van der Waals surface area contributed by atoms with Crippen molar-refractivity contribution >= 4 is 33.2 Å². The fraction of sp³-hybridized carbons (Fsp3) is 0.562. The second-order valence-corrected chi connectivity index (χ2v) is 6.33. The first-order valence-electron chi connectivity index (χ1n) is 7.65. The number of anilines is 2. The van der Waals surface area contributed by atoms with Gasteiger partial charge in [-0.25, -0.2) is 0 Å². The Morgan fingerprint density at radius 3 is 2.43 bits per heavy atom. The summed E-state index contributed by atoms with van der Waals surface area (Å²) in [5.74, 6) is -0.345. The summed E-state index contributed by atoms with van der Waals surface area (Å²) in [7, 11) is 0. The molecule has 21 heavy (non-hydrogen) atoms. The minimum atomic E-state index is -1.05. The standard InChI is InChI=1S/C16H23BrN2O2/c1-3-5-7-19(8-6-4-2)14-10-13-11(9-12(14)17)15(20)16(21)18-13/h9-10,15,20H,3-8H2,1-2H3,(H,18,21). The van der Waals surface area contributed by atoms with Crippen molar-refractivity contribution in [3.8, 4) is 0 Å². The molecule has 4 nitrogen and oxygen atoms in total. The summed E-state index contributed by atoms with van der Waals surface area (Å²) in [6, 6.07) is 3.83. The van der Waals surface area contributed by atoms with Crippen molar-refractivity contribution in [3.05, 3.63) is 22.2 Å². The predicted octanol–water partition coefficient (Wildman–Crippen LogP) is 3.84. The van der Waals surface area contributed by atoms with Crippen LogP contribution in [0.25, 0.3) is 0 Å². The topological polar surface area (TPSA) is 52.6 Å². The molecular weight excluding hydrogens is 332 g/mol. The monoisotopic (exact) mass is 354 g/mol. The minimum absolute atomic E-state index is 0.345. The Morgan fingerprint density at radius 1 is 1.24 bits per heavy atom. The van der Waals surface area contributed by atoms with Crippen LogP contribution in [0, 0.1) is 0 Å². The van der Waals surface area contributed by atoms with Gasteiger partial charge in [0.2, 0.25) is 0 Å². The van der Waals surface area contributed by atoms with Gasteiger partial charge in [-0.05, 0) is 40.9 Å². The lowest BCUT2D eigenvalue weighted by Crippen LogP contribution is -2.26. The number of carbonyl (C=O) groups is 1. The molecule has 1 heterocycles. The van der Waals surface area contributed by atoms with Crippen molar-refractivity contribution in [2.45, 2.75) is 45.6 Å². The van der Waals surface area contributed by atoms with Gasteiger partial charge in [0.1, 0.15) is 0 Å². The van der Waals surface area contributed by atoms with E-state index < -0.39 is 6.10 Å². The van der Waals surface area contributed by atoms with Crippen LogP contribution in [-0.2, 0) is 4.79 Å². The normalized spacial score (nSPS) is 16.8. The molecule has 0 aromatic heterocycles. The molecule has 0 radical (unpaired) electrons. The zero-order chi connectivity index (χ0) is 15.4. The number of fused-ring (bicyclic) bond motifs is 1. The van der Waals surface area contributed by atoms with Crippen LogP contribution in [-0.4, -0.2) is 24.1 Å². The van der Waals surface area contributed by atoms with Gasteiger partial charge in [0.25, 0.3) is 5.91 Å². The molecule has 1 aliphatic rings. The number of hydrogen-bond acceptors (Lipinski definition) is 3. The average molecular weight is 355 g/mol. The van der Waals surface area contributed by atoms with Gasteiger partial charge in [0.15, 0.2) is 6.10 Å². The summed E-state index contributed by atoms with van der Waals surface area (Å²) >= 11 is 3.59. The maximum atomic E-state index is 11.6. The maximum absolute atomic E-state index is 11.6. The third-order valence-corrected chi connectivity index (χ3v) is 4.46. The third-order valence-electron chi connectivity index (χ3n) is 3.82. The van der Waals surface area contributed by atoms with Crippen LogP contribution in [0.3, 0.4) is 0 Å². The molecule has 0 bridgehead atoms. The molecule has 0 spiro atoms. The van der Waals surface area contributed by atoms with Gasteiger partial charge in [-0.15, -0.1) is 0 Å². The van der Waals surface area contributed by atoms with E-state index in [1.807, 2.05) is 12.1 Å². The molecule has 2 rings (SSSR count). The van der Waals surface area contributed by atoms with E-state index in [2.05, 4.69) is 40.0 Å². The zero-order valence-electron chi connectivity index (χ0n) is 12.7. The number of aliphatic hydroxyl groups is 1. The van der Waals surface area contributed by atoms with Crippen LogP contribution in [0.15, 0.2) is 16.6 Å². The molecule has 116 valence electrons. The van der Waals surface area contributed by atoms with E-state index in [4.69, 9.17) is 0 Å². The van der Waals surface area contributed by atoms with Crippen LogP contribution in [0.1, 0.15) is 51.2 Å². The highest BCUT2D eigenvalue weighted by molar-refractivity contribution is 9.10. The Morgan fingerprint density at radius 2 is 1.86 bits per heavy atom. The van der Waals surface area contributed by atoms with Gasteiger partial charge in [0.05, 0.1) is 5.69 Å². The molecule has 0 saturated carbocycles. The molecule has 2 N–H and O–H groups in total. The zero-order valence-corrected chi connectivity index (χ0v) is 14.2. The maximum Gasteiger partial charge on any atom is 0.257 e. The molecule has 1 atom stereocenters. The highest BCUT2D eigenvalue weighted by Crippen LogP contribution is 2.39. The van der Waals surface area contributed by atoms with Gasteiger partial charge in [-0.2, -0.15) is 0 Å². The van der Waals surface area contributed by atoms with Crippen LogP contribution >= 0.6 is 15.9 Å². The quantitative estimate of drug-likeness (QED) is 0.781. The molecule has 0 saturated heterocycles. The molecule has 0 aliphatic carbocycles. The van der Waals surface area contributed by atoms with Crippen LogP contribution in [0.2, 0.25) is 0 Å². The predicted molar refractivity (Wildman–Crippen MR) is 89.8 cm³/mol. The minimum Gasteiger partial charge on any atom is -0.378 e. The van der Waals surface area contributed by atoms with Gasteiger partial charge < -0.3 is 15.3 Å². The SMILES string of the molecule is CCCCN(CCCC)c1cc2c(cc1Br)C(O)C(=O)N2. The van der Waals surface area contributed by atoms with E-state index in [1.165, 1.54) is 0 Å². The van der Waals surface area contributed by atoms with E-state index >= 15 is 0 Å². The molecule has 0 fully saturated rings. The first kappa shape index (κ1) is 16.3. The lowest BCUT2D eigenvalue weighted by molar-refractivity contribution is -0.123. The Balaban J connectivity index is 2.28. The number of hydrogen-bond donors (Lipinski definition) is 2. The van der Waals surface area contributed by atoms with Gasteiger partial charge in [0, 0.05) is 28.8 Å². The Bertz CT molecular complexity index is 511. The van der Waals surface area contributed by atoms with Gasteiger partial charge >= 0.3 is 0 Å². The summed E-state index contributed by atoms with van der Waals surface area (Å²) in [5, 5.41) is 12.6. The highest BCUT2D eigenvalue weighted by atomic mass is 79.9. The van der Waals surface area contributed by atoms with E-state index in [1.54, 1.807) is 0 Å². The fourth-order valence-corrected chi connectivity index (χ4v) is 3.16. The molecular formula is C16H23BrN2O2. The average Bonchev–Trinajstić information content (AvgIpc) is 2.74. The number of amides is 1. The summed E-state index contributed by atoms with van der Waals surface area (Å²) in [4.78, 5) is 13.9. The number of carbonyl (C=O) groups excluding carboxylic acids is 1. The lowest BCUT2D eigenvalue weighted by atomic mass is 10.1. The summed E-state index contributed by atoms with van der Waals surface area (Å²) in [6.45, 7) is 6.38. The first-order chi connectivity index (χ1) is 10.1. The Labute approximate surface area is 134 Å². The van der Waals surface area contributed by atoms with Crippen LogP contribution in [0.5, 0.6) is 0 Å². The number of benzene rings is 1. The largest absolute Gasteiger partial charge is 0.378 e. The van der Waals surface area contributed by atoms with E-state index in [-0.39, 0.29) is 5.91 Å². The van der Waals surface area contributed by atoms with Crippen LogP contribution in [0.4, 0.5) is 11.4 Å². The van der Waals surface area contributed by atoms with Gasteiger partial charge in [-0.1, -0.05) is 26.7 Å². The van der Waals surface area contributed by atoms with Gasteiger partial charge in [-0.3, -0.25) is 4.79 Å². The number of nitrogens with zero attached hydrogens (tertiary/aromatic N) is 1. The molecule has 1 aromatic rings. The molecule has 1 aromatic carbocycles. The second-order valence-electron chi connectivity index (χ2n) is 5.48. The smallest absolute Gasteiger partial charge is 0.257 e. The number of rotatable bonds is 7. The molecule has 5 heteroatoms. The van der Waals surface area contributed by atoms with Crippen molar-refractivity contribution in [2.24, 2.45) is 0 Å². The van der Waals surface area contributed by atoms with Crippen molar-refractivity contribution in [1.29, 1.82) is 0 Å². The number of aliphatic hydroxyl groups excluding tert-OH is 1.